The van der Waals surface area contributed by atoms with E-state index >= 15 is 0 Å². The standard InChI is InChI=1S/C20H29N3O3/c1-4-22-14-20(11-19(22)25)13-21(9-10-23(15-20)16(2)24)12-17-5-7-18(26-3)8-6-17/h5-8H,4,9-15H2,1-3H3/t20-/m0/s1. The van der Waals surface area contributed by atoms with Gasteiger partial charge in [0.25, 0.3) is 0 Å². The Balaban J connectivity index is 1.78. The molecule has 0 saturated carbocycles. The molecule has 0 bridgehead atoms. The van der Waals surface area contributed by atoms with Crippen LogP contribution in [0, 0.1) is 5.41 Å². The van der Waals surface area contributed by atoms with Crippen LogP contribution in [0.1, 0.15) is 25.8 Å². The first-order valence-corrected chi connectivity index (χ1v) is 9.33. The van der Waals surface area contributed by atoms with Gasteiger partial charge in [0.15, 0.2) is 0 Å². The number of hydrogen-bond acceptors (Lipinski definition) is 4. The molecule has 0 aromatic heterocycles. The van der Waals surface area contributed by atoms with Crippen molar-refractivity contribution >= 4 is 11.8 Å². The van der Waals surface area contributed by atoms with Crippen LogP contribution in [0.2, 0.25) is 0 Å². The summed E-state index contributed by atoms with van der Waals surface area (Å²) >= 11 is 0. The van der Waals surface area contributed by atoms with Crippen LogP contribution in [-0.4, -0.2) is 72.9 Å². The third-order valence-corrected chi connectivity index (χ3v) is 5.57. The van der Waals surface area contributed by atoms with Crippen molar-refractivity contribution in [1.82, 2.24) is 14.7 Å². The van der Waals surface area contributed by atoms with Gasteiger partial charge in [0.05, 0.1) is 7.11 Å². The number of carbonyl (C=O) groups is 2. The van der Waals surface area contributed by atoms with Crippen LogP contribution in [0.25, 0.3) is 0 Å². The van der Waals surface area contributed by atoms with Crippen molar-refractivity contribution in [2.45, 2.75) is 26.8 Å². The van der Waals surface area contributed by atoms with E-state index in [0.717, 1.165) is 38.5 Å². The summed E-state index contributed by atoms with van der Waals surface area (Å²) in [6, 6.07) is 8.11. The fourth-order valence-corrected chi connectivity index (χ4v) is 4.22. The zero-order valence-corrected chi connectivity index (χ0v) is 16.0. The van der Waals surface area contributed by atoms with Crippen molar-refractivity contribution in [3.63, 3.8) is 0 Å². The molecule has 3 rings (SSSR count). The predicted octanol–water partition coefficient (Wildman–Crippen LogP) is 1.60. The van der Waals surface area contributed by atoms with Crippen LogP contribution in [0.15, 0.2) is 24.3 Å². The molecular weight excluding hydrogens is 330 g/mol. The van der Waals surface area contributed by atoms with Crippen LogP contribution in [0.4, 0.5) is 0 Å². The number of rotatable bonds is 4. The van der Waals surface area contributed by atoms with Gasteiger partial charge in [0, 0.05) is 64.6 Å². The molecule has 2 fully saturated rings. The third kappa shape index (κ3) is 4.01. The number of nitrogens with zero attached hydrogens (tertiary/aromatic N) is 3. The van der Waals surface area contributed by atoms with Gasteiger partial charge >= 0.3 is 0 Å². The first-order chi connectivity index (χ1) is 12.4. The van der Waals surface area contributed by atoms with Gasteiger partial charge < -0.3 is 14.5 Å². The SMILES string of the molecule is CCN1C[C@]2(CC1=O)CN(Cc1ccc(OC)cc1)CCN(C(C)=O)C2. The Labute approximate surface area is 155 Å². The van der Waals surface area contributed by atoms with Crippen LogP contribution in [-0.2, 0) is 16.1 Å². The Bertz CT molecular complexity index is 661. The van der Waals surface area contributed by atoms with Crippen molar-refractivity contribution in [2.75, 3.05) is 46.4 Å². The van der Waals surface area contributed by atoms with E-state index in [9.17, 15) is 9.59 Å². The molecule has 0 radical (unpaired) electrons. The monoisotopic (exact) mass is 359 g/mol. The van der Waals surface area contributed by atoms with Crippen LogP contribution in [0.3, 0.4) is 0 Å². The first kappa shape index (κ1) is 18.7. The van der Waals surface area contributed by atoms with Crippen molar-refractivity contribution in [3.05, 3.63) is 29.8 Å². The van der Waals surface area contributed by atoms with Crippen LogP contribution in [0.5, 0.6) is 5.75 Å². The Morgan fingerprint density at radius 3 is 2.46 bits per heavy atom. The minimum Gasteiger partial charge on any atom is -0.497 e. The number of ether oxygens (including phenoxy) is 1. The summed E-state index contributed by atoms with van der Waals surface area (Å²) in [5.74, 6) is 1.16. The lowest BCUT2D eigenvalue weighted by atomic mass is 9.85. The van der Waals surface area contributed by atoms with Gasteiger partial charge in [-0.05, 0) is 24.6 Å². The number of hydrogen-bond donors (Lipinski definition) is 0. The molecule has 2 aliphatic heterocycles. The minimum absolute atomic E-state index is 0.0954. The average Bonchev–Trinajstić information content (AvgIpc) is 2.82. The molecular formula is C20H29N3O3. The second kappa shape index (κ2) is 7.66. The smallest absolute Gasteiger partial charge is 0.223 e. The summed E-state index contributed by atoms with van der Waals surface area (Å²) in [6.07, 6.45) is 0.531. The molecule has 0 aliphatic carbocycles. The number of benzene rings is 1. The molecule has 2 amide bonds. The predicted molar refractivity (Wildman–Crippen MR) is 99.8 cm³/mol. The Morgan fingerprint density at radius 1 is 1.15 bits per heavy atom. The van der Waals surface area contributed by atoms with E-state index < -0.39 is 0 Å². The highest BCUT2D eigenvalue weighted by Gasteiger charge is 2.46. The molecule has 2 aliphatic rings. The third-order valence-electron chi connectivity index (χ3n) is 5.57. The first-order valence-electron chi connectivity index (χ1n) is 9.33. The van der Waals surface area contributed by atoms with E-state index in [1.165, 1.54) is 5.56 Å². The lowest BCUT2D eigenvalue weighted by Gasteiger charge is -2.33. The van der Waals surface area contributed by atoms with E-state index in [1.807, 2.05) is 28.9 Å². The topological polar surface area (TPSA) is 53.1 Å². The zero-order valence-electron chi connectivity index (χ0n) is 16.0. The number of carbonyl (C=O) groups excluding carboxylic acids is 2. The molecule has 0 unspecified atom stereocenters. The maximum Gasteiger partial charge on any atom is 0.223 e. The maximum absolute atomic E-state index is 12.4. The average molecular weight is 359 g/mol. The lowest BCUT2D eigenvalue weighted by Crippen LogP contribution is -2.43. The number of likely N-dealkylation sites (tertiary alicyclic amines) is 1. The second-order valence-electron chi connectivity index (χ2n) is 7.58. The summed E-state index contributed by atoms with van der Waals surface area (Å²) in [4.78, 5) is 30.7. The molecule has 142 valence electrons. The van der Waals surface area contributed by atoms with E-state index in [0.29, 0.717) is 19.5 Å². The number of methoxy groups -OCH3 is 1. The minimum atomic E-state index is -0.165. The highest BCUT2D eigenvalue weighted by atomic mass is 16.5. The van der Waals surface area contributed by atoms with E-state index in [-0.39, 0.29) is 17.2 Å². The zero-order chi connectivity index (χ0) is 18.7. The van der Waals surface area contributed by atoms with E-state index in [4.69, 9.17) is 4.74 Å². The largest absolute Gasteiger partial charge is 0.497 e. The summed E-state index contributed by atoms with van der Waals surface area (Å²) in [5.41, 5.74) is 1.05. The summed E-state index contributed by atoms with van der Waals surface area (Å²) in [5, 5.41) is 0. The van der Waals surface area contributed by atoms with Crippen LogP contribution >= 0.6 is 0 Å². The van der Waals surface area contributed by atoms with Crippen molar-refractivity contribution in [2.24, 2.45) is 5.41 Å². The second-order valence-corrected chi connectivity index (χ2v) is 7.58. The molecule has 6 heteroatoms. The fourth-order valence-electron chi connectivity index (χ4n) is 4.22. The van der Waals surface area contributed by atoms with Crippen molar-refractivity contribution in [1.29, 1.82) is 0 Å². The highest BCUT2D eigenvalue weighted by molar-refractivity contribution is 5.80. The van der Waals surface area contributed by atoms with Gasteiger partial charge in [-0.15, -0.1) is 0 Å². The Hall–Kier alpha value is -2.08. The summed E-state index contributed by atoms with van der Waals surface area (Å²) in [6.45, 7) is 8.99. The lowest BCUT2D eigenvalue weighted by molar-refractivity contribution is -0.130. The van der Waals surface area contributed by atoms with Gasteiger partial charge in [-0.3, -0.25) is 14.5 Å². The quantitative estimate of drug-likeness (QED) is 0.819. The van der Waals surface area contributed by atoms with Gasteiger partial charge in [0.2, 0.25) is 11.8 Å². The van der Waals surface area contributed by atoms with E-state index in [1.54, 1.807) is 14.0 Å². The van der Waals surface area contributed by atoms with Crippen molar-refractivity contribution < 1.29 is 14.3 Å². The van der Waals surface area contributed by atoms with Gasteiger partial charge in [-0.25, -0.2) is 0 Å². The summed E-state index contributed by atoms with van der Waals surface area (Å²) < 4.78 is 5.23. The molecule has 26 heavy (non-hydrogen) atoms. The molecule has 1 aromatic carbocycles. The normalized spacial score (nSPS) is 24.2. The molecule has 2 heterocycles. The molecule has 0 N–H and O–H groups in total. The molecule has 1 atom stereocenters. The van der Waals surface area contributed by atoms with Gasteiger partial charge in [-0.1, -0.05) is 12.1 Å². The Kier molecular flexibility index (Phi) is 5.51. The molecule has 1 aromatic rings. The maximum atomic E-state index is 12.4. The molecule has 2 saturated heterocycles. The highest BCUT2D eigenvalue weighted by Crippen LogP contribution is 2.35. The van der Waals surface area contributed by atoms with Gasteiger partial charge in [0.1, 0.15) is 5.75 Å². The Morgan fingerprint density at radius 2 is 1.88 bits per heavy atom. The van der Waals surface area contributed by atoms with Crippen LogP contribution < -0.4 is 4.74 Å². The van der Waals surface area contributed by atoms with Gasteiger partial charge in [-0.2, -0.15) is 0 Å². The summed E-state index contributed by atoms with van der Waals surface area (Å²) in [7, 11) is 1.67. The number of amides is 2. The fraction of sp³-hybridized carbons (Fsp3) is 0.600. The molecule has 6 nitrogen and oxygen atoms in total. The molecule has 1 spiro atoms. The van der Waals surface area contributed by atoms with E-state index in [2.05, 4.69) is 17.0 Å². The van der Waals surface area contributed by atoms with Crippen molar-refractivity contribution in [3.8, 4) is 5.75 Å².